The summed E-state index contributed by atoms with van der Waals surface area (Å²) in [6, 6.07) is 0. The van der Waals surface area contributed by atoms with Crippen molar-refractivity contribution in [2.45, 2.75) is 226 Å². The molecule has 0 spiro atoms. The van der Waals surface area contributed by atoms with Crippen molar-refractivity contribution in [1.82, 2.24) is 0 Å². The van der Waals surface area contributed by atoms with Crippen molar-refractivity contribution in [3.05, 3.63) is 24.3 Å². The van der Waals surface area contributed by atoms with E-state index in [0.29, 0.717) is 12.8 Å². The van der Waals surface area contributed by atoms with Crippen molar-refractivity contribution in [3.63, 3.8) is 0 Å². The number of allylic oxidation sites excluding steroid dienone is 4. The molecule has 0 aromatic rings. The Morgan fingerprint density at radius 3 is 1.10 bits per heavy atom. The van der Waals surface area contributed by atoms with Crippen molar-refractivity contribution in [3.8, 4) is 0 Å². The summed E-state index contributed by atoms with van der Waals surface area (Å²) in [4.78, 5) is 73.4. The van der Waals surface area contributed by atoms with Gasteiger partial charge in [0.1, 0.15) is 13.2 Å². The molecule has 0 aromatic carbocycles. The lowest BCUT2D eigenvalue weighted by Gasteiger charge is -2.24. The van der Waals surface area contributed by atoms with Crippen LogP contribution in [-0.2, 0) is 52.5 Å². The van der Waals surface area contributed by atoms with Gasteiger partial charge in [-0.15, -0.1) is 0 Å². The maximum absolute atomic E-state index is 13.1. The van der Waals surface area contributed by atoms with Crippen LogP contribution in [0.3, 0.4) is 0 Å². The van der Waals surface area contributed by atoms with Crippen LogP contribution in [-0.4, -0.2) is 72.4 Å². The molecule has 340 valence electrons. The number of aliphatic carboxylic acids is 1. The second-order valence-corrected chi connectivity index (χ2v) is 15.5. The van der Waals surface area contributed by atoms with Crippen LogP contribution in [0.2, 0.25) is 0 Å². The Bertz CT molecular complexity index is 1120. The lowest BCUT2D eigenvalue weighted by atomic mass is 10.1. The van der Waals surface area contributed by atoms with E-state index in [1.807, 2.05) is 0 Å². The first-order valence-electron chi connectivity index (χ1n) is 22.9. The molecule has 0 aromatic heterocycles. The van der Waals surface area contributed by atoms with Crippen LogP contribution in [0.4, 0.5) is 0 Å². The number of carbonyl (C=O) groups is 6. The highest BCUT2D eigenvalue weighted by atomic mass is 16.6. The molecule has 0 bridgehead atoms. The zero-order valence-corrected chi connectivity index (χ0v) is 37.2. The Hall–Kier alpha value is -3.70. The number of carbonyl (C=O) groups excluding carboxylic acids is 5. The highest BCUT2D eigenvalue weighted by molar-refractivity contribution is 5.88. The molecule has 1 N–H and O–H groups in total. The zero-order valence-electron chi connectivity index (χ0n) is 37.2. The van der Waals surface area contributed by atoms with Gasteiger partial charge in [0.2, 0.25) is 12.2 Å². The van der Waals surface area contributed by atoms with Crippen molar-refractivity contribution < 1.29 is 57.6 Å². The number of hydrogen-bond donors (Lipinski definition) is 1. The summed E-state index contributed by atoms with van der Waals surface area (Å²) < 4.78 is 25.6. The average Bonchev–Trinajstić information content (AvgIpc) is 3.19. The van der Waals surface area contributed by atoms with Crippen LogP contribution in [0, 0.1) is 0 Å². The third-order valence-corrected chi connectivity index (χ3v) is 9.77. The molecule has 0 saturated heterocycles. The van der Waals surface area contributed by atoms with Gasteiger partial charge < -0.3 is 28.8 Å². The Balaban J connectivity index is 4.81. The van der Waals surface area contributed by atoms with E-state index in [1.165, 1.54) is 77.0 Å². The summed E-state index contributed by atoms with van der Waals surface area (Å²) in [5, 5.41) is 9.58. The summed E-state index contributed by atoms with van der Waals surface area (Å²) >= 11 is 0. The van der Waals surface area contributed by atoms with Crippen molar-refractivity contribution in [2.75, 3.05) is 13.2 Å². The van der Waals surface area contributed by atoms with Crippen LogP contribution >= 0.6 is 0 Å². The molecule has 0 aliphatic heterocycles. The largest absolute Gasteiger partial charge is 0.478 e. The van der Waals surface area contributed by atoms with Gasteiger partial charge in [-0.05, 0) is 64.2 Å². The van der Waals surface area contributed by atoms with Gasteiger partial charge in [-0.1, -0.05) is 141 Å². The van der Waals surface area contributed by atoms with Gasteiger partial charge in [0.05, 0.1) is 0 Å². The molecule has 59 heavy (non-hydrogen) atoms. The quantitative estimate of drug-likeness (QED) is 0.0269. The predicted molar refractivity (Wildman–Crippen MR) is 229 cm³/mol. The molecule has 12 nitrogen and oxygen atoms in total. The maximum atomic E-state index is 13.1. The van der Waals surface area contributed by atoms with E-state index in [1.54, 1.807) is 0 Å². The van der Waals surface area contributed by atoms with E-state index < -0.39 is 67.3 Å². The summed E-state index contributed by atoms with van der Waals surface area (Å²) in [6.07, 6.45) is 32.8. The van der Waals surface area contributed by atoms with Crippen molar-refractivity contribution >= 4 is 35.8 Å². The smallest absolute Gasteiger partial charge is 0.352 e. The number of carboxylic acids is 1. The van der Waals surface area contributed by atoms with Gasteiger partial charge in [0, 0.05) is 26.7 Å². The molecule has 0 fully saturated rings. The first-order chi connectivity index (χ1) is 28.5. The lowest BCUT2D eigenvalue weighted by molar-refractivity contribution is -0.194. The number of unbranched alkanes of at least 4 members (excludes halogenated alkanes) is 22. The molecule has 0 radical (unpaired) electrons. The predicted octanol–water partition coefficient (Wildman–Crippen LogP) is 11.0. The number of esters is 5. The summed E-state index contributed by atoms with van der Waals surface area (Å²) in [5.41, 5.74) is 0. The molecular weight excluding hydrogens is 757 g/mol. The minimum absolute atomic E-state index is 0.137. The maximum Gasteiger partial charge on any atom is 0.352 e. The zero-order chi connectivity index (χ0) is 43.8. The Labute approximate surface area is 355 Å². The molecule has 0 amide bonds. The number of carboxylic acid groups (broad SMARTS) is 1. The molecule has 0 aliphatic rings. The van der Waals surface area contributed by atoms with E-state index >= 15 is 0 Å². The molecular formula is C47H80O12. The van der Waals surface area contributed by atoms with Gasteiger partial charge in [-0.2, -0.15) is 0 Å². The summed E-state index contributed by atoms with van der Waals surface area (Å²) in [6.45, 7) is 5.35. The van der Waals surface area contributed by atoms with Crippen LogP contribution in [0.25, 0.3) is 0 Å². The SMILES string of the molecule is CCCCCCCC/C=C\CCCCCCCC(=O)OCC(COC(=O)CCCCCCC/C=C\CCCCCCCC)OC(=O)[C@H](OC(C)=O)[C@@H](OC(C)=O)C(=O)O. The number of rotatable bonds is 40. The Morgan fingerprint density at radius 2 is 0.763 bits per heavy atom. The van der Waals surface area contributed by atoms with E-state index in [-0.39, 0.29) is 12.8 Å². The van der Waals surface area contributed by atoms with Crippen molar-refractivity contribution in [1.29, 1.82) is 0 Å². The molecule has 0 aliphatic carbocycles. The average molecular weight is 837 g/mol. The minimum atomic E-state index is -2.20. The van der Waals surface area contributed by atoms with E-state index in [9.17, 15) is 33.9 Å². The van der Waals surface area contributed by atoms with Crippen LogP contribution < -0.4 is 0 Å². The highest BCUT2D eigenvalue weighted by Crippen LogP contribution is 2.15. The Morgan fingerprint density at radius 1 is 0.441 bits per heavy atom. The fraction of sp³-hybridized carbons (Fsp3) is 0.787. The molecule has 0 unspecified atom stereocenters. The second-order valence-electron chi connectivity index (χ2n) is 15.5. The second kappa shape index (κ2) is 39.7. The molecule has 12 heteroatoms. The summed E-state index contributed by atoms with van der Waals surface area (Å²) in [7, 11) is 0. The van der Waals surface area contributed by atoms with Gasteiger partial charge in [0.25, 0.3) is 0 Å². The van der Waals surface area contributed by atoms with Crippen LogP contribution in [0.5, 0.6) is 0 Å². The Kier molecular flexibility index (Phi) is 37.3. The van der Waals surface area contributed by atoms with Gasteiger partial charge in [-0.25, -0.2) is 9.59 Å². The fourth-order valence-electron chi connectivity index (χ4n) is 6.38. The number of ether oxygens (including phenoxy) is 5. The molecule has 0 rings (SSSR count). The van der Waals surface area contributed by atoms with Crippen molar-refractivity contribution in [2.24, 2.45) is 0 Å². The van der Waals surface area contributed by atoms with Crippen LogP contribution in [0.1, 0.15) is 207 Å². The number of hydrogen-bond acceptors (Lipinski definition) is 11. The van der Waals surface area contributed by atoms with Gasteiger partial charge >= 0.3 is 35.8 Å². The van der Waals surface area contributed by atoms with E-state index in [0.717, 1.165) is 90.9 Å². The van der Waals surface area contributed by atoms with Gasteiger partial charge in [0.15, 0.2) is 6.10 Å². The molecule has 0 heterocycles. The molecule has 2 atom stereocenters. The fourth-order valence-corrected chi connectivity index (χ4v) is 6.38. The van der Waals surface area contributed by atoms with Crippen LogP contribution in [0.15, 0.2) is 24.3 Å². The topological polar surface area (TPSA) is 169 Å². The van der Waals surface area contributed by atoms with E-state index in [2.05, 4.69) is 38.2 Å². The normalized spacial score (nSPS) is 12.4. The molecule has 0 saturated carbocycles. The third kappa shape index (κ3) is 35.9. The standard InChI is InChI=1S/C47H80O12/c1-5-7-9-11-13-15-17-19-21-23-25-27-29-31-33-35-42(50)55-37-41(59-47(54)45(58-40(4)49)44(46(52)53)57-39(3)48)38-56-43(51)36-34-32-30-28-26-24-22-20-18-16-14-12-10-8-6-2/h19-22,41,44-45H,5-18,23-38H2,1-4H3,(H,52,53)/b21-19-,22-20-/t44-,45-/m1/s1. The monoisotopic (exact) mass is 837 g/mol. The third-order valence-electron chi connectivity index (χ3n) is 9.77. The minimum Gasteiger partial charge on any atom is -0.478 e. The summed E-state index contributed by atoms with van der Waals surface area (Å²) in [5.74, 6) is -6.27. The lowest BCUT2D eigenvalue weighted by Crippen LogP contribution is -2.47. The highest BCUT2D eigenvalue weighted by Gasteiger charge is 2.42. The first-order valence-corrected chi connectivity index (χ1v) is 22.9. The van der Waals surface area contributed by atoms with Gasteiger partial charge in [-0.3, -0.25) is 19.2 Å². The first kappa shape index (κ1) is 55.3. The van der Waals surface area contributed by atoms with E-state index in [4.69, 9.17) is 23.7 Å².